The highest BCUT2D eigenvalue weighted by Crippen LogP contribution is 2.36. The molecule has 152 valence electrons. The quantitative estimate of drug-likeness (QED) is 0.599. The third-order valence-corrected chi connectivity index (χ3v) is 6.73. The molecule has 0 unspecified atom stereocenters. The lowest BCUT2D eigenvalue weighted by Crippen LogP contribution is -2.47. The molecule has 1 heterocycles. The van der Waals surface area contributed by atoms with Crippen molar-refractivity contribution in [2.45, 2.75) is 90.2 Å². The van der Waals surface area contributed by atoms with Crippen LogP contribution in [0.25, 0.3) is 0 Å². The van der Waals surface area contributed by atoms with Gasteiger partial charge in [-0.2, -0.15) is 0 Å². The highest BCUT2D eigenvalue weighted by atomic mass is 16.5. The standard InChI is InChI=1S/C21H34N2O4/c1-14(2)16-9-8-15(3)12-17(16)27-18(24)13-23-19(25)21(22-20(23)26)10-6-4-5-7-11-21/h14-17H,4-13H2,1-3H3,(H,22,26)/t15-,16+,17-/m1/s1. The van der Waals surface area contributed by atoms with Crippen LogP contribution in [0.15, 0.2) is 0 Å². The van der Waals surface area contributed by atoms with E-state index in [4.69, 9.17) is 4.74 Å². The summed E-state index contributed by atoms with van der Waals surface area (Å²) in [7, 11) is 0. The van der Waals surface area contributed by atoms with Gasteiger partial charge in [-0.25, -0.2) is 4.79 Å². The topological polar surface area (TPSA) is 75.7 Å². The van der Waals surface area contributed by atoms with Crippen LogP contribution >= 0.6 is 0 Å². The van der Waals surface area contributed by atoms with Crippen LogP contribution in [0.3, 0.4) is 0 Å². The van der Waals surface area contributed by atoms with Crippen LogP contribution in [0.2, 0.25) is 0 Å². The zero-order valence-electron chi connectivity index (χ0n) is 17.0. The lowest BCUT2D eigenvalue weighted by Gasteiger charge is -2.36. The lowest BCUT2D eigenvalue weighted by atomic mass is 9.75. The third kappa shape index (κ3) is 4.30. The fourth-order valence-electron chi connectivity index (χ4n) is 5.08. The highest BCUT2D eigenvalue weighted by molar-refractivity contribution is 6.08. The molecule has 0 aromatic heterocycles. The predicted octanol–water partition coefficient (Wildman–Crippen LogP) is 3.64. The molecule has 3 amide bonds. The Labute approximate surface area is 162 Å². The molecule has 2 aliphatic carbocycles. The number of amides is 3. The van der Waals surface area contributed by atoms with Crippen molar-refractivity contribution in [2.24, 2.45) is 17.8 Å². The Morgan fingerprint density at radius 3 is 2.48 bits per heavy atom. The van der Waals surface area contributed by atoms with E-state index in [0.29, 0.717) is 30.6 Å². The molecule has 27 heavy (non-hydrogen) atoms. The second-order valence-electron chi connectivity index (χ2n) is 9.17. The molecule has 3 fully saturated rings. The van der Waals surface area contributed by atoms with Gasteiger partial charge in [-0.15, -0.1) is 0 Å². The maximum Gasteiger partial charge on any atom is 0.326 e. The molecule has 1 spiro atoms. The number of esters is 1. The number of ether oxygens (including phenoxy) is 1. The monoisotopic (exact) mass is 378 g/mol. The summed E-state index contributed by atoms with van der Waals surface area (Å²) in [5.74, 6) is 0.615. The summed E-state index contributed by atoms with van der Waals surface area (Å²) < 4.78 is 5.78. The van der Waals surface area contributed by atoms with Crippen LogP contribution in [-0.2, 0) is 14.3 Å². The first-order chi connectivity index (χ1) is 12.8. The van der Waals surface area contributed by atoms with Crippen molar-refractivity contribution in [3.63, 3.8) is 0 Å². The second-order valence-corrected chi connectivity index (χ2v) is 9.17. The fraction of sp³-hybridized carbons (Fsp3) is 0.857. The van der Waals surface area contributed by atoms with Crippen molar-refractivity contribution >= 4 is 17.9 Å². The van der Waals surface area contributed by atoms with E-state index in [1.54, 1.807) is 0 Å². The minimum absolute atomic E-state index is 0.117. The molecule has 2 saturated carbocycles. The molecule has 0 radical (unpaired) electrons. The molecule has 6 nitrogen and oxygen atoms in total. The average Bonchev–Trinajstić information content (AvgIpc) is 2.77. The SMILES string of the molecule is CC(C)[C@@H]1CC[C@@H](C)C[C@H]1OC(=O)CN1C(=O)NC2(CCCCCC2)C1=O. The zero-order chi connectivity index (χ0) is 19.6. The number of imide groups is 1. The van der Waals surface area contributed by atoms with Crippen molar-refractivity contribution in [3.05, 3.63) is 0 Å². The van der Waals surface area contributed by atoms with Crippen molar-refractivity contribution < 1.29 is 19.1 Å². The third-order valence-electron chi connectivity index (χ3n) is 6.73. The van der Waals surface area contributed by atoms with Crippen LogP contribution in [0.1, 0.15) is 78.6 Å². The van der Waals surface area contributed by atoms with Crippen molar-refractivity contribution in [1.29, 1.82) is 0 Å². The van der Waals surface area contributed by atoms with E-state index < -0.39 is 17.5 Å². The van der Waals surface area contributed by atoms with Crippen LogP contribution in [0, 0.1) is 17.8 Å². The number of nitrogens with one attached hydrogen (secondary N) is 1. The van der Waals surface area contributed by atoms with Crippen LogP contribution in [0.4, 0.5) is 4.79 Å². The van der Waals surface area contributed by atoms with Gasteiger partial charge in [0.05, 0.1) is 0 Å². The smallest absolute Gasteiger partial charge is 0.326 e. The molecule has 1 N–H and O–H groups in total. The molecule has 0 bridgehead atoms. The molecular formula is C21H34N2O4. The molecule has 0 aromatic rings. The second kappa shape index (κ2) is 8.19. The first-order valence-corrected chi connectivity index (χ1v) is 10.7. The van der Waals surface area contributed by atoms with Crippen molar-refractivity contribution in [3.8, 4) is 0 Å². The normalized spacial score (nSPS) is 31.1. The molecule has 6 heteroatoms. The van der Waals surface area contributed by atoms with Gasteiger partial charge in [0.2, 0.25) is 0 Å². The number of carbonyl (C=O) groups excluding carboxylic acids is 3. The fourth-order valence-corrected chi connectivity index (χ4v) is 5.08. The van der Waals surface area contributed by atoms with Gasteiger partial charge in [-0.05, 0) is 43.4 Å². The highest BCUT2D eigenvalue weighted by Gasteiger charge is 2.51. The van der Waals surface area contributed by atoms with Crippen LogP contribution in [-0.4, -0.2) is 41.0 Å². The minimum Gasteiger partial charge on any atom is -0.461 e. The Balaban J connectivity index is 1.63. The Bertz CT molecular complexity index is 581. The average molecular weight is 379 g/mol. The first kappa shape index (κ1) is 20.2. The van der Waals surface area contributed by atoms with E-state index in [2.05, 4.69) is 26.1 Å². The summed E-state index contributed by atoms with van der Waals surface area (Å²) in [4.78, 5) is 39.0. The van der Waals surface area contributed by atoms with E-state index in [1.807, 2.05) is 0 Å². The van der Waals surface area contributed by atoms with Gasteiger partial charge in [-0.1, -0.05) is 52.9 Å². The van der Waals surface area contributed by atoms with E-state index in [9.17, 15) is 14.4 Å². The molecule has 1 saturated heterocycles. The molecule has 3 atom stereocenters. The van der Waals surface area contributed by atoms with Crippen molar-refractivity contribution in [1.82, 2.24) is 10.2 Å². The maximum absolute atomic E-state index is 12.9. The summed E-state index contributed by atoms with van der Waals surface area (Å²) in [6.45, 7) is 6.23. The van der Waals surface area contributed by atoms with Crippen LogP contribution in [0.5, 0.6) is 0 Å². The number of rotatable bonds is 4. The molecule has 1 aliphatic heterocycles. The predicted molar refractivity (Wildman–Crippen MR) is 102 cm³/mol. The Kier molecular flexibility index (Phi) is 6.11. The Morgan fingerprint density at radius 1 is 1.19 bits per heavy atom. The molecular weight excluding hydrogens is 344 g/mol. The summed E-state index contributed by atoms with van der Waals surface area (Å²) in [5, 5.41) is 2.88. The van der Waals surface area contributed by atoms with E-state index in [0.717, 1.165) is 49.8 Å². The minimum atomic E-state index is -0.798. The number of nitrogens with zero attached hydrogens (tertiary/aromatic N) is 1. The Morgan fingerprint density at radius 2 is 1.85 bits per heavy atom. The van der Waals surface area contributed by atoms with Gasteiger partial charge in [-0.3, -0.25) is 14.5 Å². The first-order valence-electron chi connectivity index (χ1n) is 10.7. The summed E-state index contributed by atoms with van der Waals surface area (Å²) in [6.07, 6.45) is 8.33. The van der Waals surface area contributed by atoms with Crippen molar-refractivity contribution in [2.75, 3.05) is 6.54 Å². The number of hydrogen-bond donors (Lipinski definition) is 1. The van der Waals surface area contributed by atoms with Gasteiger partial charge in [0.15, 0.2) is 0 Å². The summed E-state index contributed by atoms with van der Waals surface area (Å²) >= 11 is 0. The maximum atomic E-state index is 12.9. The summed E-state index contributed by atoms with van der Waals surface area (Å²) in [6, 6.07) is -0.448. The molecule has 3 aliphatic rings. The van der Waals surface area contributed by atoms with Gasteiger partial charge in [0.25, 0.3) is 5.91 Å². The van der Waals surface area contributed by atoms with Gasteiger partial charge >= 0.3 is 12.0 Å². The molecule has 0 aromatic carbocycles. The van der Waals surface area contributed by atoms with Gasteiger partial charge in [0, 0.05) is 0 Å². The lowest BCUT2D eigenvalue weighted by molar-refractivity contribution is -0.158. The van der Waals surface area contributed by atoms with Crippen LogP contribution < -0.4 is 5.32 Å². The Hall–Kier alpha value is -1.59. The van der Waals surface area contributed by atoms with E-state index in [-0.39, 0.29) is 18.6 Å². The van der Waals surface area contributed by atoms with E-state index >= 15 is 0 Å². The number of hydrogen-bond acceptors (Lipinski definition) is 4. The largest absolute Gasteiger partial charge is 0.461 e. The summed E-state index contributed by atoms with van der Waals surface area (Å²) in [5.41, 5.74) is -0.798. The zero-order valence-corrected chi connectivity index (χ0v) is 17.0. The number of carbonyl (C=O) groups is 3. The number of urea groups is 1. The molecule has 3 rings (SSSR count). The van der Waals surface area contributed by atoms with E-state index in [1.165, 1.54) is 0 Å². The van der Waals surface area contributed by atoms with Gasteiger partial charge in [0.1, 0.15) is 18.2 Å². The van der Waals surface area contributed by atoms with Gasteiger partial charge < -0.3 is 10.1 Å².